The first-order valence-corrected chi connectivity index (χ1v) is 9.84. The molecule has 0 nitrogen and oxygen atoms in total. The summed E-state index contributed by atoms with van der Waals surface area (Å²) in [6.07, 6.45) is 17.2. The van der Waals surface area contributed by atoms with Crippen LogP contribution < -0.4 is 0 Å². The summed E-state index contributed by atoms with van der Waals surface area (Å²) in [5.41, 5.74) is 3.54. The van der Waals surface area contributed by atoms with Gasteiger partial charge in [-0.2, -0.15) is 0 Å². The maximum atomic E-state index is 5.32. The molecule has 0 aliphatic carbocycles. The summed E-state index contributed by atoms with van der Waals surface area (Å²) in [5.74, 6) is 5.48. The van der Waals surface area contributed by atoms with E-state index in [1.54, 1.807) is 0 Å². The second kappa shape index (κ2) is 10.7. The fourth-order valence-corrected chi connectivity index (χ4v) is 6.83. The van der Waals surface area contributed by atoms with Crippen LogP contribution in [-0.4, -0.2) is 18.5 Å². The average Bonchev–Trinajstić information content (AvgIpc) is 2.37. The van der Waals surface area contributed by atoms with E-state index in [1.807, 2.05) is 0 Å². The van der Waals surface area contributed by atoms with Crippen molar-refractivity contribution in [3.05, 3.63) is 0 Å². The molecule has 0 unspecified atom stereocenters. The van der Waals surface area contributed by atoms with Crippen LogP contribution in [0.2, 0.25) is 0 Å². The van der Waals surface area contributed by atoms with E-state index < -0.39 is 7.26 Å². The summed E-state index contributed by atoms with van der Waals surface area (Å²) < 4.78 is 0. The van der Waals surface area contributed by atoms with E-state index in [2.05, 4.69) is 38.3 Å². The van der Waals surface area contributed by atoms with Gasteiger partial charge in [0.15, 0.2) is 0 Å². The molecule has 0 fully saturated rings. The third-order valence-electron chi connectivity index (χ3n) is 3.43. The molecule has 1 heteroatoms. The Kier molecular flexibility index (Phi) is 10.4. The first-order chi connectivity index (χ1) is 8.24. The number of terminal acetylenes is 1. The molecule has 0 aromatic heterocycles. The Hall–Kier alpha value is -0.450. The fourth-order valence-electron chi connectivity index (χ4n) is 2.28. The van der Waals surface area contributed by atoms with Gasteiger partial charge in [-0.25, -0.2) is 0 Å². The molecule has 0 atom stereocenters. The monoisotopic (exact) mass is 252 g/mol. The SMILES string of the molecule is C#CC#C[PH](CCCC)(CCCC)CCCC. The summed E-state index contributed by atoms with van der Waals surface area (Å²) >= 11 is 0. The van der Waals surface area contributed by atoms with Gasteiger partial charge in [0, 0.05) is 0 Å². The van der Waals surface area contributed by atoms with E-state index in [4.69, 9.17) is 6.42 Å². The summed E-state index contributed by atoms with van der Waals surface area (Å²) in [5, 5.41) is 0. The van der Waals surface area contributed by atoms with Gasteiger partial charge in [-0.05, 0) is 0 Å². The van der Waals surface area contributed by atoms with Crippen molar-refractivity contribution in [2.75, 3.05) is 18.5 Å². The molecule has 0 rings (SSSR count). The van der Waals surface area contributed by atoms with E-state index in [9.17, 15) is 0 Å². The van der Waals surface area contributed by atoms with Crippen LogP contribution in [-0.2, 0) is 0 Å². The summed E-state index contributed by atoms with van der Waals surface area (Å²) in [6, 6.07) is 0. The molecule has 0 saturated carbocycles. The molecule has 17 heavy (non-hydrogen) atoms. The van der Waals surface area contributed by atoms with Crippen LogP contribution in [0.25, 0.3) is 0 Å². The molecule has 0 radical (unpaired) electrons. The van der Waals surface area contributed by atoms with E-state index >= 15 is 0 Å². The minimum absolute atomic E-state index is 1.28. The average molecular weight is 252 g/mol. The van der Waals surface area contributed by atoms with Crippen molar-refractivity contribution in [3.8, 4) is 23.9 Å². The number of unbranched alkanes of at least 4 members (excludes halogenated alkanes) is 3. The molecular formula is C16H29P. The number of hydrogen-bond donors (Lipinski definition) is 0. The first-order valence-electron chi connectivity index (χ1n) is 7.22. The van der Waals surface area contributed by atoms with Crippen LogP contribution >= 0.6 is 7.26 Å². The predicted molar refractivity (Wildman–Crippen MR) is 84.2 cm³/mol. The van der Waals surface area contributed by atoms with E-state index in [1.165, 1.54) is 57.0 Å². The molecule has 0 aromatic carbocycles. The van der Waals surface area contributed by atoms with Crippen molar-refractivity contribution in [1.82, 2.24) is 0 Å². The third kappa shape index (κ3) is 7.47. The third-order valence-corrected chi connectivity index (χ3v) is 8.01. The van der Waals surface area contributed by atoms with Gasteiger partial charge in [0.05, 0.1) is 0 Å². The van der Waals surface area contributed by atoms with Crippen molar-refractivity contribution < 1.29 is 0 Å². The molecule has 0 aliphatic rings. The molecular weight excluding hydrogens is 223 g/mol. The zero-order chi connectivity index (χ0) is 13.0. The van der Waals surface area contributed by atoms with Crippen LogP contribution in [0.15, 0.2) is 0 Å². The minimum atomic E-state index is -1.38. The zero-order valence-corrected chi connectivity index (χ0v) is 12.9. The molecule has 0 aliphatic heterocycles. The fraction of sp³-hybridized carbons (Fsp3) is 0.750. The Morgan fingerprint density at radius 1 is 0.824 bits per heavy atom. The predicted octanol–water partition coefficient (Wildman–Crippen LogP) is 4.73. The standard InChI is InChI=1S/C16H29P/c1-5-9-13-17(14-10-6-2,15-11-7-3)16-12-8-4/h1,17H,6-8,10-12,14-16H2,2-4H3. The van der Waals surface area contributed by atoms with Gasteiger partial charge in [-0.1, -0.05) is 0 Å². The Morgan fingerprint density at radius 2 is 1.24 bits per heavy atom. The van der Waals surface area contributed by atoms with Crippen LogP contribution in [0, 0.1) is 23.9 Å². The normalized spacial score (nSPS) is 11.4. The zero-order valence-electron chi connectivity index (χ0n) is 11.9. The van der Waals surface area contributed by atoms with Crippen molar-refractivity contribution in [2.24, 2.45) is 0 Å². The molecule has 0 saturated heterocycles. The van der Waals surface area contributed by atoms with E-state index in [-0.39, 0.29) is 0 Å². The van der Waals surface area contributed by atoms with Crippen molar-refractivity contribution in [1.29, 1.82) is 0 Å². The van der Waals surface area contributed by atoms with Crippen LogP contribution in [0.1, 0.15) is 59.3 Å². The van der Waals surface area contributed by atoms with Crippen molar-refractivity contribution in [3.63, 3.8) is 0 Å². The van der Waals surface area contributed by atoms with Crippen molar-refractivity contribution in [2.45, 2.75) is 59.3 Å². The van der Waals surface area contributed by atoms with Gasteiger partial charge in [0.1, 0.15) is 0 Å². The second-order valence-corrected chi connectivity index (χ2v) is 9.30. The molecule has 0 amide bonds. The van der Waals surface area contributed by atoms with E-state index in [0.29, 0.717) is 0 Å². The summed E-state index contributed by atoms with van der Waals surface area (Å²) in [4.78, 5) is 0. The van der Waals surface area contributed by atoms with E-state index in [0.717, 1.165) is 0 Å². The summed E-state index contributed by atoms with van der Waals surface area (Å²) in [7, 11) is -1.38. The van der Waals surface area contributed by atoms with Crippen molar-refractivity contribution >= 4 is 7.26 Å². The topological polar surface area (TPSA) is 0 Å². The van der Waals surface area contributed by atoms with Gasteiger partial charge in [-0.15, -0.1) is 0 Å². The molecule has 0 spiro atoms. The molecule has 0 heterocycles. The number of rotatable bonds is 9. The molecule has 98 valence electrons. The Balaban J connectivity index is 4.71. The quantitative estimate of drug-likeness (QED) is 0.411. The van der Waals surface area contributed by atoms with Crippen LogP contribution in [0.3, 0.4) is 0 Å². The Labute approximate surface area is 109 Å². The van der Waals surface area contributed by atoms with Gasteiger partial charge >= 0.3 is 109 Å². The van der Waals surface area contributed by atoms with Gasteiger partial charge in [0.2, 0.25) is 0 Å². The summed E-state index contributed by atoms with van der Waals surface area (Å²) in [6.45, 7) is 6.81. The maximum absolute atomic E-state index is 5.32. The van der Waals surface area contributed by atoms with Crippen LogP contribution in [0.4, 0.5) is 0 Å². The number of hydrogen-bond acceptors (Lipinski definition) is 0. The first kappa shape index (κ1) is 16.6. The van der Waals surface area contributed by atoms with Gasteiger partial charge < -0.3 is 0 Å². The Bertz CT molecular complexity index is 252. The molecule has 0 bridgehead atoms. The van der Waals surface area contributed by atoms with Crippen LogP contribution in [0.5, 0.6) is 0 Å². The molecule has 0 N–H and O–H groups in total. The Morgan fingerprint density at radius 3 is 1.53 bits per heavy atom. The van der Waals surface area contributed by atoms with Gasteiger partial charge in [-0.3, -0.25) is 0 Å². The molecule has 0 aromatic rings. The van der Waals surface area contributed by atoms with Gasteiger partial charge in [0.25, 0.3) is 0 Å². The second-order valence-electron chi connectivity index (χ2n) is 4.99.